The number of aromatic nitrogens is 5. The second kappa shape index (κ2) is 8.30. The van der Waals surface area contributed by atoms with E-state index in [0.29, 0.717) is 18.0 Å². The van der Waals surface area contributed by atoms with Gasteiger partial charge in [-0.3, -0.25) is 14.8 Å². The molecule has 3 aromatic heterocycles. The van der Waals surface area contributed by atoms with E-state index in [1.165, 1.54) is 0 Å². The Balaban J connectivity index is 1.72. The Kier molecular flexibility index (Phi) is 5.24. The summed E-state index contributed by atoms with van der Waals surface area (Å²) in [6.07, 6.45) is 6.72. The smallest absolute Gasteiger partial charge is 0.274 e. The number of pyridine rings is 2. The Morgan fingerprint density at radius 1 is 1.07 bits per heavy atom. The Morgan fingerprint density at radius 3 is 2.69 bits per heavy atom. The van der Waals surface area contributed by atoms with Gasteiger partial charge in [0.1, 0.15) is 11.4 Å². The maximum Gasteiger partial charge on any atom is 0.274 e. The zero-order valence-corrected chi connectivity index (χ0v) is 15.7. The number of hydrogen-bond donors (Lipinski definition) is 1. The topological polar surface area (TPSA) is 94.8 Å². The van der Waals surface area contributed by atoms with Gasteiger partial charge in [0.2, 0.25) is 0 Å². The van der Waals surface area contributed by atoms with Crippen LogP contribution in [-0.4, -0.2) is 38.0 Å². The predicted octanol–water partition coefficient (Wildman–Crippen LogP) is 2.66. The number of ether oxygens (including phenoxy) is 1. The highest BCUT2D eigenvalue weighted by atomic mass is 16.5. The lowest BCUT2D eigenvalue weighted by Crippen LogP contribution is -2.24. The van der Waals surface area contributed by atoms with Gasteiger partial charge in [-0.1, -0.05) is 17.3 Å². The summed E-state index contributed by atoms with van der Waals surface area (Å²) >= 11 is 0. The first-order valence-electron chi connectivity index (χ1n) is 8.94. The number of rotatable bonds is 6. The molecule has 4 rings (SSSR count). The van der Waals surface area contributed by atoms with Crippen molar-refractivity contribution < 1.29 is 9.53 Å². The fourth-order valence-corrected chi connectivity index (χ4v) is 2.90. The van der Waals surface area contributed by atoms with E-state index in [9.17, 15) is 4.79 Å². The minimum atomic E-state index is -0.324. The number of carbonyl (C=O) groups is 1. The molecule has 0 aliphatic rings. The molecule has 3 heterocycles. The second-order valence-corrected chi connectivity index (χ2v) is 6.18. The van der Waals surface area contributed by atoms with Crippen LogP contribution in [0, 0.1) is 0 Å². The number of methoxy groups -OCH3 is 1. The number of amides is 1. The van der Waals surface area contributed by atoms with Crippen molar-refractivity contribution in [3.8, 4) is 22.7 Å². The molecule has 0 fully saturated rings. The number of nitrogens with one attached hydrogen (secondary N) is 1. The van der Waals surface area contributed by atoms with Gasteiger partial charge in [0.05, 0.1) is 12.8 Å². The van der Waals surface area contributed by atoms with Crippen LogP contribution in [0.25, 0.3) is 16.9 Å². The first kappa shape index (κ1) is 18.3. The molecule has 0 aliphatic carbocycles. The van der Waals surface area contributed by atoms with Crippen molar-refractivity contribution in [1.82, 2.24) is 30.3 Å². The molecule has 1 N–H and O–H groups in total. The van der Waals surface area contributed by atoms with Gasteiger partial charge in [0, 0.05) is 43.0 Å². The van der Waals surface area contributed by atoms with E-state index < -0.39 is 0 Å². The first-order valence-corrected chi connectivity index (χ1v) is 8.94. The molecule has 0 bridgehead atoms. The summed E-state index contributed by atoms with van der Waals surface area (Å²) in [5.74, 6) is 0.357. The van der Waals surface area contributed by atoms with Gasteiger partial charge in [0.15, 0.2) is 5.69 Å². The maximum absolute atomic E-state index is 12.9. The second-order valence-electron chi connectivity index (χ2n) is 6.18. The molecule has 0 atom stereocenters. The molecule has 1 aromatic carbocycles. The fraction of sp³-hybridized carbons (Fsp3) is 0.0952. The molecule has 0 saturated carbocycles. The van der Waals surface area contributed by atoms with Crippen LogP contribution < -0.4 is 10.1 Å². The van der Waals surface area contributed by atoms with Crippen molar-refractivity contribution in [2.24, 2.45) is 0 Å². The lowest BCUT2D eigenvalue weighted by Gasteiger charge is -2.10. The van der Waals surface area contributed by atoms with E-state index in [0.717, 1.165) is 16.8 Å². The van der Waals surface area contributed by atoms with Gasteiger partial charge in [-0.05, 0) is 35.9 Å². The quantitative estimate of drug-likeness (QED) is 0.547. The molecule has 144 valence electrons. The van der Waals surface area contributed by atoms with E-state index in [-0.39, 0.29) is 11.6 Å². The molecule has 0 unspecified atom stereocenters. The van der Waals surface area contributed by atoms with Crippen molar-refractivity contribution in [3.63, 3.8) is 0 Å². The summed E-state index contributed by atoms with van der Waals surface area (Å²) in [5, 5.41) is 11.3. The summed E-state index contributed by atoms with van der Waals surface area (Å²) in [6, 6.07) is 14.7. The Morgan fingerprint density at radius 2 is 1.93 bits per heavy atom. The minimum Gasteiger partial charge on any atom is -0.497 e. The number of nitrogens with zero attached hydrogens (tertiary/aromatic N) is 5. The molecule has 8 heteroatoms. The van der Waals surface area contributed by atoms with Crippen LogP contribution in [0.3, 0.4) is 0 Å². The zero-order valence-electron chi connectivity index (χ0n) is 15.7. The van der Waals surface area contributed by atoms with Gasteiger partial charge in [-0.2, -0.15) is 0 Å². The summed E-state index contributed by atoms with van der Waals surface area (Å²) in [5.41, 5.74) is 3.20. The number of hydrogen-bond acceptors (Lipinski definition) is 6. The summed E-state index contributed by atoms with van der Waals surface area (Å²) in [6.45, 7) is 0.342. The lowest BCUT2D eigenvalue weighted by atomic mass is 10.1. The molecule has 29 heavy (non-hydrogen) atoms. The standard InChI is InChI=1S/C21H18N6O2/c1-29-18-6-2-5-17(12-18)27-20(16-7-10-22-11-8-16)19(25-26-27)21(28)24-14-15-4-3-9-23-13-15/h2-13H,14H2,1H3,(H,24,28). The van der Waals surface area contributed by atoms with Crippen molar-refractivity contribution in [1.29, 1.82) is 0 Å². The van der Waals surface area contributed by atoms with Gasteiger partial charge in [-0.15, -0.1) is 5.10 Å². The van der Waals surface area contributed by atoms with Crippen LogP contribution in [0.15, 0.2) is 73.3 Å². The van der Waals surface area contributed by atoms with Gasteiger partial charge >= 0.3 is 0 Å². The van der Waals surface area contributed by atoms with Crippen LogP contribution in [0.4, 0.5) is 0 Å². The molecule has 0 saturated heterocycles. The highest BCUT2D eigenvalue weighted by Crippen LogP contribution is 2.26. The molecule has 4 aromatic rings. The van der Waals surface area contributed by atoms with E-state index in [4.69, 9.17) is 4.74 Å². The number of benzene rings is 1. The molecule has 8 nitrogen and oxygen atoms in total. The largest absolute Gasteiger partial charge is 0.497 e. The summed E-state index contributed by atoms with van der Waals surface area (Å²) in [4.78, 5) is 21.0. The van der Waals surface area contributed by atoms with Crippen LogP contribution in [-0.2, 0) is 6.54 Å². The van der Waals surface area contributed by atoms with Crippen LogP contribution in [0.5, 0.6) is 5.75 Å². The Bertz CT molecular complexity index is 1110. The summed E-state index contributed by atoms with van der Waals surface area (Å²) in [7, 11) is 1.60. The molecular formula is C21H18N6O2. The van der Waals surface area contributed by atoms with Gasteiger partial charge < -0.3 is 10.1 Å². The molecule has 1 amide bonds. The third-order valence-electron chi connectivity index (χ3n) is 4.31. The average molecular weight is 386 g/mol. The third kappa shape index (κ3) is 3.96. The van der Waals surface area contributed by atoms with E-state index in [1.54, 1.807) is 36.6 Å². The highest BCUT2D eigenvalue weighted by Gasteiger charge is 2.22. The van der Waals surface area contributed by atoms with Crippen molar-refractivity contribution >= 4 is 5.91 Å². The minimum absolute atomic E-state index is 0.225. The lowest BCUT2D eigenvalue weighted by molar-refractivity contribution is 0.0946. The van der Waals surface area contributed by atoms with E-state index >= 15 is 0 Å². The first-order chi connectivity index (χ1) is 14.3. The molecule has 0 spiro atoms. The molecule has 0 aliphatic heterocycles. The monoisotopic (exact) mass is 386 g/mol. The highest BCUT2D eigenvalue weighted by molar-refractivity contribution is 5.98. The third-order valence-corrected chi connectivity index (χ3v) is 4.31. The molecule has 0 radical (unpaired) electrons. The van der Waals surface area contributed by atoms with Crippen molar-refractivity contribution in [2.45, 2.75) is 6.54 Å². The number of carbonyl (C=O) groups excluding carboxylic acids is 1. The zero-order chi connectivity index (χ0) is 20.1. The Labute approximate surface area is 167 Å². The summed E-state index contributed by atoms with van der Waals surface area (Å²) < 4.78 is 6.93. The van der Waals surface area contributed by atoms with Crippen LogP contribution in [0.2, 0.25) is 0 Å². The van der Waals surface area contributed by atoms with E-state index in [2.05, 4.69) is 25.6 Å². The van der Waals surface area contributed by atoms with Gasteiger partial charge in [0.25, 0.3) is 5.91 Å². The van der Waals surface area contributed by atoms with Crippen molar-refractivity contribution in [3.05, 3.63) is 84.6 Å². The Hall–Kier alpha value is -4.07. The van der Waals surface area contributed by atoms with Gasteiger partial charge in [-0.25, -0.2) is 4.68 Å². The fourth-order valence-electron chi connectivity index (χ4n) is 2.90. The maximum atomic E-state index is 12.9. The van der Waals surface area contributed by atoms with Crippen molar-refractivity contribution in [2.75, 3.05) is 7.11 Å². The SMILES string of the molecule is COc1cccc(-n2nnc(C(=O)NCc3cccnc3)c2-c2ccncc2)c1. The van der Waals surface area contributed by atoms with E-state index in [1.807, 2.05) is 48.5 Å². The predicted molar refractivity (Wildman–Crippen MR) is 107 cm³/mol. The van der Waals surface area contributed by atoms with Crippen LogP contribution in [0.1, 0.15) is 16.1 Å². The normalized spacial score (nSPS) is 10.5. The van der Waals surface area contributed by atoms with Crippen LogP contribution >= 0.6 is 0 Å². The average Bonchev–Trinajstić information content (AvgIpc) is 3.24. The molecular weight excluding hydrogens is 368 g/mol.